The van der Waals surface area contributed by atoms with Crippen molar-refractivity contribution in [1.29, 1.82) is 0 Å². The van der Waals surface area contributed by atoms with Crippen LogP contribution in [0.2, 0.25) is 0 Å². The van der Waals surface area contributed by atoms with Gasteiger partial charge in [-0.2, -0.15) is 0 Å². The predicted octanol–water partition coefficient (Wildman–Crippen LogP) is 4.34. The van der Waals surface area contributed by atoms with Crippen LogP contribution in [0.15, 0.2) is 84.4 Å². The van der Waals surface area contributed by atoms with Crippen molar-refractivity contribution in [3.05, 3.63) is 101 Å². The second kappa shape index (κ2) is 11.1. The lowest BCUT2D eigenvalue weighted by molar-refractivity contribution is -0.139. The summed E-state index contributed by atoms with van der Waals surface area (Å²) in [6, 6.07) is 22.2. The summed E-state index contributed by atoms with van der Waals surface area (Å²) in [5.41, 5.74) is 2.12. The Morgan fingerprint density at radius 1 is 0.944 bits per heavy atom. The molecule has 1 fully saturated rings. The lowest BCUT2D eigenvalue weighted by Gasteiger charge is -2.26. The Morgan fingerprint density at radius 3 is 2.25 bits per heavy atom. The molecule has 1 amide bonds. The number of carbonyl (C=O) groups is 2. The number of ketones is 1. The van der Waals surface area contributed by atoms with Gasteiger partial charge in [-0.05, 0) is 74.6 Å². The van der Waals surface area contributed by atoms with Crippen molar-refractivity contribution in [3.63, 3.8) is 0 Å². The van der Waals surface area contributed by atoms with Crippen LogP contribution < -0.4 is 4.74 Å². The van der Waals surface area contributed by atoms with Crippen LogP contribution in [0.25, 0.3) is 5.76 Å². The fourth-order valence-electron chi connectivity index (χ4n) is 4.28. The minimum atomic E-state index is -0.748. The largest absolute Gasteiger partial charge is 0.508 e. The molecule has 0 aliphatic carbocycles. The standard InChI is InChI=1S/C29H30N2O5/c1-30(2)17-6-18-31-26(21-9-13-23(32)14-10-21)25(28(34)29(31)35)27(33)22-11-15-24(16-12-22)36-19-20-7-4-3-5-8-20/h3-5,7-16,26,32-33H,6,17-19H2,1-2H3/b27-25+/t26-/m0/s1. The molecule has 1 aliphatic rings. The Balaban J connectivity index is 1.63. The van der Waals surface area contributed by atoms with Crippen molar-refractivity contribution in [2.24, 2.45) is 0 Å². The average molecular weight is 487 g/mol. The number of phenols is 1. The highest BCUT2D eigenvalue weighted by molar-refractivity contribution is 6.46. The van der Waals surface area contributed by atoms with Crippen LogP contribution in [-0.4, -0.2) is 58.9 Å². The molecule has 1 atom stereocenters. The highest BCUT2D eigenvalue weighted by atomic mass is 16.5. The van der Waals surface area contributed by atoms with E-state index in [4.69, 9.17) is 4.74 Å². The Hall–Kier alpha value is -4.10. The molecule has 1 saturated heterocycles. The molecule has 1 aliphatic heterocycles. The van der Waals surface area contributed by atoms with E-state index in [1.54, 1.807) is 36.4 Å². The lowest BCUT2D eigenvalue weighted by Crippen LogP contribution is -2.32. The third-order valence-electron chi connectivity index (χ3n) is 6.13. The molecule has 0 aromatic heterocycles. The molecule has 3 aromatic carbocycles. The molecule has 186 valence electrons. The number of nitrogens with zero attached hydrogens (tertiary/aromatic N) is 2. The van der Waals surface area contributed by atoms with Crippen molar-refractivity contribution < 1.29 is 24.5 Å². The second-order valence-corrected chi connectivity index (χ2v) is 9.04. The summed E-state index contributed by atoms with van der Waals surface area (Å²) in [7, 11) is 3.89. The van der Waals surface area contributed by atoms with E-state index >= 15 is 0 Å². The van der Waals surface area contributed by atoms with E-state index in [1.165, 1.54) is 17.0 Å². The molecule has 0 unspecified atom stereocenters. The maximum absolute atomic E-state index is 13.1. The molecule has 0 spiro atoms. The number of aliphatic hydroxyl groups is 1. The van der Waals surface area contributed by atoms with Crippen LogP contribution >= 0.6 is 0 Å². The number of hydrogen-bond acceptors (Lipinski definition) is 6. The number of Topliss-reactive ketones (excluding diaryl/α,β-unsaturated/α-hetero) is 1. The van der Waals surface area contributed by atoms with E-state index in [1.807, 2.05) is 49.3 Å². The van der Waals surface area contributed by atoms with E-state index in [-0.39, 0.29) is 17.1 Å². The van der Waals surface area contributed by atoms with Gasteiger partial charge in [-0.3, -0.25) is 9.59 Å². The first-order valence-electron chi connectivity index (χ1n) is 11.8. The third kappa shape index (κ3) is 5.58. The van der Waals surface area contributed by atoms with Gasteiger partial charge >= 0.3 is 0 Å². The summed E-state index contributed by atoms with van der Waals surface area (Å²) in [5, 5.41) is 20.9. The number of amides is 1. The molecular formula is C29H30N2O5. The van der Waals surface area contributed by atoms with E-state index in [9.17, 15) is 19.8 Å². The number of rotatable bonds is 9. The van der Waals surface area contributed by atoms with Gasteiger partial charge in [-0.15, -0.1) is 0 Å². The highest BCUT2D eigenvalue weighted by Crippen LogP contribution is 2.40. The van der Waals surface area contributed by atoms with Crippen LogP contribution in [0.5, 0.6) is 11.5 Å². The molecule has 3 aromatic rings. The van der Waals surface area contributed by atoms with Crippen molar-refractivity contribution in [1.82, 2.24) is 9.80 Å². The van der Waals surface area contributed by atoms with Gasteiger partial charge in [0.2, 0.25) is 0 Å². The van der Waals surface area contributed by atoms with Crippen LogP contribution in [0.3, 0.4) is 0 Å². The smallest absolute Gasteiger partial charge is 0.295 e. The first kappa shape index (κ1) is 25.0. The molecule has 2 N–H and O–H groups in total. The molecule has 36 heavy (non-hydrogen) atoms. The molecule has 4 rings (SSSR count). The summed E-state index contributed by atoms with van der Waals surface area (Å²) in [5.74, 6) is -0.906. The second-order valence-electron chi connectivity index (χ2n) is 9.04. The maximum atomic E-state index is 13.1. The summed E-state index contributed by atoms with van der Waals surface area (Å²) >= 11 is 0. The minimum absolute atomic E-state index is 0.0356. The van der Waals surface area contributed by atoms with Crippen molar-refractivity contribution in [2.45, 2.75) is 19.1 Å². The number of hydrogen-bond donors (Lipinski definition) is 2. The Labute approximate surface area is 210 Å². The molecule has 1 heterocycles. The lowest BCUT2D eigenvalue weighted by atomic mass is 9.95. The zero-order chi connectivity index (χ0) is 25.7. The number of benzene rings is 3. The normalized spacial score (nSPS) is 17.1. The van der Waals surface area contributed by atoms with Crippen LogP contribution in [-0.2, 0) is 16.2 Å². The summed E-state index contributed by atoms with van der Waals surface area (Å²) in [6.45, 7) is 1.51. The molecule has 7 heteroatoms. The first-order valence-corrected chi connectivity index (χ1v) is 11.8. The maximum Gasteiger partial charge on any atom is 0.295 e. The summed E-state index contributed by atoms with van der Waals surface area (Å²) in [6.07, 6.45) is 0.669. The summed E-state index contributed by atoms with van der Waals surface area (Å²) < 4.78 is 5.82. The Morgan fingerprint density at radius 2 is 1.61 bits per heavy atom. The number of aromatic hydroxyl groups is 1. The van der Waals surface area contributed by atoms with Crippen LogP contribution in [0, 0.1) is 0 Å². The number of likely N-dealkylation sites (tertiary alicyclic amines) is 1. The van der Waals surface area contributed by atoms with Gasteiger partial charge in [-0.25, -0.2) is 0 Å². The van der Waals surface area contributed by atoms with Gasteiger partial charge < -0.3 is 24.7 Å². The molecular weight excluding hydrogens is 456 g/mol. The van der Waals surface area contributed by atoms with Crippen molar-refractivity contribution in [2.75, 3.05) is 27.2 Å². The molecule has 0 saturated carbocycles. The number of carbonyl (C=O) groups excluding carboxylic acids is 2. The molecule has 0 radical (unpaired) electrons. The zero-order valence-electron chi connectivity index (χ0n) is 20.4. The van der Waals surface area contributed by atoms with Crippen LogP contribution in [0.4, 0.5) is 0 Å². The third-order valence-corrected chi connectivity index (χ3v) is 6.13. The monoisotopic (exact) mass is 486 g/mol. The van der Waals surface area contributed by atoms with Gasteiger partial charge in [0.15, 0.2) is 0 Å². The first-order chi connectivity index (χ1) is 17.3. The average Bonchev–Trinajstić information content (AvgIpc) is 3.13. The molecule has 7 nitrogen and oxygen atoms in total. The van der Waals surface area contributed by atoms with Crippen LogP contribution in [0.1, 0.15) is 29.2 Å². The Bertz CT molecular complexity index is 1230. The van der Waals surface area contributed by atoms with Gasteiger partial charge in [0, 0.05) is 12.1 Å². The fraction of sp³-hybridized carbons (Fsp3) is 0.241. The highest BCUT2D eigenvalue weighted by Gasteiger charge is 2.45. The van der Waals surface area contributed by atoms with E-state index in [2.05, 4.69) is 0 Å². The Kier molecular flexibility index (Phi) is 7.71. The topological polar surface area (TPSA) is 90.3 Å². The SMILES string of the molecule is CN(C)CCCN1C(=O)C(=O)/C(=C(/O)c2ccc(OCc3ccccc3)cc2)[C@@H]1c1ccc(O)cc1. The van der Waals surface area contributed by atoms with Crippen molar-refractivity contribution >= 4 is 17.4 Å². The predicted molar refractivity (Wildman–Crippen MR) is 138 cm³/mol. The minimum Gasteiger partial charge on any atom is -0.508 e. The number of aliphatic hydroxyl groups excluding tert-OH is 1. The quantitative estimate of drug-likeness (QED) is 0.266. The van der Waals surface area contributed by atoms with Crippen molar-refractivity contribution in [3.8, 4) is 11.5 Å². The number of ether oxygens (including phenoxy) is 1. The zero-order valence-corrected chi connectivity index (χ0v) is 20.4. The number of phenolic OH excluding ortho intramolecular Hbond substituents is 1. The van der Waals surface area contributed by atoms with E-state index in [0.29, 0.717) is 36.4 Å². The van der Waals surface area contributed by atoms with Gasteiger partial charge in [-0.1, -0.05) is 42.5 Å². The van der Waals surface area contributed by atoms with Gasteiger partial charge in [0.1, 0.15) is 23.9 Å². The fourth-order valence-corrected chi connectivity index (χ4v) is 4.28. The van der Waals surface area contributed by atoms with E-state index in [0.717, 1.165) is 12.1 Å². The van der Waals surface area contributed by atoms with Gasteiger partial charge in [0.25, 0.3) is 11.7 Å². The summed E-state index contributed by atoms with van der Waals surface area (Å²) in [4.78, 5) is 29.6. The van der Waals surface area contributed by atoms with E-state index < -0.39 is 17.7 Å². The van der Waals surface area contributed by atoms with Gasteiger partial charge in [0.05, 0.1) is 11.6 Å². The molecule has 0 bridgehead atoms.